The largest absolute Gasteiger partial charge is 0.481 e. The summed E-state index contributed by atoms with van der Waals surface area (Å²) in [4.78, 5) is 24.4. The number of benzene rings is 1. The minimum atomic E-state index is -0.888. The smallest absolute Gasteiger partial charge is 0.309 e. The Hall–Kier alpha value is -1.84. The molecule has 0 aromatic heterocycles. The second-order valence-corrected chi connectivity index (χ2v) is 4.40. The molecule has 0 saturated carbocycles. The molecule has 2 unspecified atom stereocenters. The van der Waals surface area contributed by atoms with Crippen molar-refractivity contribution >= 4 is 11.9 Å². The van der Waals surface area contributed by atoms with Crippen LogP contribution in [0.3, 0.4) is 0 Å². The molecule has 4 heteroatoms. The number of rotatable bonds is 3. The maximum Gasteiger partial charge on any atom is 0.309 e. The second kappa shape index (κ2) is 4.57. The predicted molar refractivity (Wildman–Crippen MR) is 62.2 cm³/mol. The van der Waals surface area contributed by atoms with E-state index in [9.17, 15) is 9.59 Å². The standard InChI is InChI=1S/C13H15NO3/c1-9-11(13(16)17)7-12(15)14(9)8-10-5-3-2-4-6-10/h2-6,9,11H,7-8H2,1H3,(H,16,17). The predicted octanol–water partition coefficient (Wildman–Crippen LogP) is 1.51. The summed E-state index contributed by atoms with van der Waals surface area (Å²) in [7, 11) is 0. The van der Waals surface area contributed by atoms with Crippen molar-refractivity contribution in [3.05, 3.63) is 35.9 Å². The van der Waals surface area contributed by atoms with Gasteiger partial charge < -0.3 is 10.0 Å². The molecule has 4 nitrogen and oxygen atoms in total. The molecule has 1 N–H and O–H groups in total. The van der Waals surface area contributed by atoms with Gasteiger partial charge in [-0.1, -0.05) is 30.3 Å². The third kappa shape index (κ3) is 2.30. The van der Waals surface area contributed by atoms with Gasteiger partial charge in [-0.2, -0.15) is 0 Å². The van der Waals surface area contributed by atoms with Crippen molar-refractivity contribution in [1.82, 2.24) is 4.90 Å². The quantitative estimate of drug-likeness (QED) is 0.860. The average Bonchev–Trinajstić information content (AvgIpc) is 2.58. The van der Waals surface area contributed by atoms with E-state index in [0.717, 1.165) is 5.56 Å². The number of carbonyl (C=O) groups is 2. The Morgan fingerprint density at radius 2 is 2.06 bits per heavy atom. The summed E-state index contributed by atoms with van der Waals surface area (Å²) in [5, 5.41) is 9.01. The third-order valence-electron chi connectivity index (χ3n) is 3.30. The van der Waals surface area contributed by atoms with Gasteiger partial charge in [0.25, 0.3) is 0 Å². The number of amides is 1. The summed E-state index contributed by atoms with van der Waals surface area (Å²) in [5.41, 5.74) is 1.03. The Bertz CT molecular complexity index is 430. The summed E-state index contributed by atoms with van der Waals surface area (Å²) in [5.74, 6) is -1.54. The molecule has 1 fully saturated rings. The Balaban J connectivity index is 2.12. The molecule has 17 heavy (non-hydrogen) atoms. The molecule has 2 atom stereocenters. The molecular formula is C13H15NO3. The van der Waals surface area contributed by atoms with Crippen molar-refractivity contribution in [3.63, 3.8) is 0 Å². The number of hydrogen-bond acceptors (Lipinski definition) is 2. The zero-order chi connectivity index (χ0) is 12.4. The zero-order valence-corrected chi connectivity index (χ0v) is 9.67. The van der Waals surface area contributed by atoms with E-state index >= 15 is 0 Å². The summed E-state index contributed by atoms with van der Waals surface area (Å²) in [6.07, 6.45) is 0.114. The second-order valence-electron chi connectivity index (χ2n) is 4.40. The molecule has 0 radical (unpaired) electrons. The van der Waals surface area contributed by atoms with E-state index in [1.807, 2.05) is 30.3 Å². The van der Waals surface area contributed by atoms with Crippen LogP contribution in [-0.4, -0.2) is 27.9 Å². The van der Waals surface area contributed by atoms with Crippen LogP contribution in [0, 0.1) is 5.92 Å². The SMILES string of the molecule is CC1C(C(=O)O)CC(=O)N1Cc1ccccc1. The van der Waals surface area contributed by atoms with Crippen LogP contribution < -0.4 is 0 Å². The lowest BCUT2D eigenvalue weighted by molar-refractivity contribution is -0.142. The highest BCUT2D eigenvalue weighted by atomic mass is 16.4. The highest BCUT2D eigenvalue weighted by Crippen LogP contribution is 2.27. The number of likely N-dealkylation sites (tertiary alicyclic amines) is 1. The van der Waals surface area contributed by atoms with E-state index in [4.69, 9.17) is 5.11 Å². The first kappa shape index (κ1) is 11.6. The Kier molecular flexibility index (Phi) is 3.13. The average molecular weight is 233 g/mol. The van der Waals surface area contributed by atoms with E-state index in [0.29, 0.717) is 6.54 Å². The van der Waals surface area contributed by atoms with Crippen LogP contribution >= 0.6 is 0 Å². The maximum absolute atomic E-state index is 11.8. The van der Waals surface area contributed by atoms with Crippen LogP contribution in [0.5, 0.6) is 0 Å². The number of carboxylic acids is 1. The monoisotopic (exact) mass is 233 g/mol. The minimum Gasteiger partial charge on any atom is -0.481 e. The number of carbonyl (C=O) groups excluding carboxylic acids is 1. The van der Waals surface area contributed by atoms with Crippen LogP contribution in [0.2, 0.25) is 0 Å². The van der Waals surface area contributed by atoms with Crippen LogP contribution in [-0.2, 0) is 16.1 Å². The van der Waals surface area contributed by atoms with Crippen molar-refractivity contribution in [3.8, 4) is 0 Å². The van der Waals surface area contributed by atoms with E-state index in [-0.39, 0.29) is 18.4 Å². The molecule has 1 aromatic rings. The molecule has 1 aliphatic heterocycles. The van der Waals surface area contributed by atoms with Gasteiger partial charge in [-0.25, -0.2) is 0 Å². The highest BCUT2D eigenvalue weighted by Gasteiger charge is 2.40. The number of carboxylic acid groups (broad SMARTS) is 1. The maximum atomic E-state index is 11.8. The van der Waals surface area contributed by atoms with Gasteiger partial charge in [-0.3, -0.25) is 9.59 Å². The molecular weight excluding hydrogens is 218 g/mol. The van der Waals surface area contributed by atoms with Gasteiger partial charge in [-0.15, -0.1) is 0 Å². The molecule has 2 rings (SSSR count). The van der Waals surface area contributed by atoms with Gasteiger partial charge >= 0.3 is 5.97 Å². The van der Waals surface area contributed by atoms with Gasteiger partial charge in [0, 0.05) is 19.0 Å². The van der Waals surface area contributed by atoms with Crippen molar-refractivity contribution in [2.24, 2.45) is 5.92 Å². The first-order valence-corrected chi connectivity index (χ1v) is 5.66. The lowest BCUT2D eigenvalue weighted by atomic mass is 10.0. The van der Waals surface area contributed by atoms with Crippen molar-refractivity contribution in [2.75, 3.05) is 0 Å². The summed E-state index contributed by atoms with van der Waals surface area (Å²) in [6, 6.07) is 9.38. The summed E-state index contributed by atoms with van der Waals surface area (Å²) >= 11 is 0. The first-order chi connectivity index (χ1) is 8.09. The molecule has 0 bridgehead atoms. The van der Waals surface area contributed by atoms with Gasteiger partial charge in [0.1, 0.15) is 0 Å². The Morgan fingerprint density at radius 1 is 1.41 bits per heavy atom. The van der Waals surface area contributed by atoms with Crippen molar-refractivity contribution in [2.45, 2.75) is 25.9 Å². The van der Waals surface area contributed by atoms with Gasteiger partial charge in [0.2, 0.25) is 5.91 Å². The summed E-state index contributed by atoms with van der Waals surface area (Å²) < 4.78 is 0. The topological polar surface area (TPSA) is 57.6 Å². The first-order valence-electron chi connectivity index (χ1n) is 5.66. The Morgan fingerprint density at radius 3 is 2.59 bits per heavy atom. The lowest BCUT2D eigenvalue weighted by Gasteiger charge is -2.23. The third-order valence-corrected chi connectivity index (χ3v) is 3.30. The van der Waals surface area contributed by atoms with Gasteiger partial charge in [-0.05, 0) is 12.5 Å². The van der Waals surface area contributed by atoms with Crippen LogP contribution in [0.4, 0.5) is 0 Å². The number of nitrogens with zero attached hydrogens (tertiary/aromatic N) is 1. The van der Waals surface area contributed by atoms with Crippen LogP contribution in [0.25, 0.3) is 0 Å². The fraction of sp³-hybridized carbons (Fsp3) is 0.385. The molecule has 1 aromatic carbocycles. The highest BCUT2D eigenvalue weighted by molar-refractivity contribution is 5.86. The molecule has 90 valence electrons. The van der Waals surface area contributed by atoms with Crippen molar-refractivity contribution < 1.29 is 14.7 Å². The minimum absolute atomic E-state index is 0.0752. The lowest BCUT2D eigenvalue weighted by Crippen LogP contribution is -2.34. The molecule has 1 amide bonds. The van der Waals surface area contributed by atoms with E-state index in [2.05, 4.69) is 0 Å². The number of hydrogen-bond donors (Lipinski definition) is 1. The normalized spacial score (nSPS) is 24.1. The van der Waals surface area contributed by atoms with E-state index < -0.39 is 11.9 Å². The van der Waals surface area contributed by atoms with Crippen molar-refractivity contribution in [1.29, 1.82) is 0 Å². The van der Waals surface area contributed by atoms with Gasteiger partial charge in [0.15, 0.2) is 0 Å². The Labute approximate surface area is 99.9 Å². The molecule has 0 spiro atoms. The number of aliphatic carboxylic acids is 1. The summed E-state index contributed by atoms with van der Waals surface area (Å²) in [6.45, 7) is 2.29. The van der Waals surface area contributed by atoms with Gasteiger partial charge in [0.05, 0.1) is 5.92 Å². The zero-order valence-electron chi connectivity index (χ0n) is 9.67. The van der Waals surface area contributed by atoms with Crippen LogP contribution in [0.1, 0.15) is 18.9 Å². The fourth-order valence-electron chi connectivity index (χ4n) is 2.23. The molecule has 0 aliphatic carbocycles. The van der Waals surface area contributed by atoms with E-state index in [1.54, 1.807) is 11.8 Å². The van der Waals surface area contributed by atoms with Crippen LogP contribution in [0.15, 0.2) is 30.3 Å². The fourth-order valence-corrected chi connectivity index (χ4v) is 2.23. The molecule has 1 saturated heterocycles. The van der Waals surface area contributed by atoms with E-state index in [1.165, 1.54) is 0 Å². The molecule has 1 heterocycles. The molecule has 1 aliphatic rings.